The van der Waals surface area contributed by atoms with E-state index < -0.39 is 0 Å². The lowest BCUT2D eigenvalue weighted by Gasteiger charge is -2.35. The molecule has 20 heavy (non-hydrogen) atoms. The SMILES string of the molecule is O=C1CCCC(c2ccc(Cl)cc2)N1c1cccnc1. The van der Waals surface area contributed by atoms with Crippen LogP contribution in [0.15, 0.2) is 48.8 Å². The van der Waals surface area contributed by atoms with E-state index in [2.05, 4.69) is 4.98 Å². The highest BCUT2D eigenvalue weighted by atomic mass is 35.5. The van der Waals surface area contributed by atoms with E-state index in [0.717, 1.165) is 24.1 Å². The Balaban J connectivity index is 1.98. The van der Waals surface area contributed by atoms with Crippen LogP contribution < -0.4 is 4.90 Å². The lowest BCUT2D eigenvalue weighted by molar-refractivity contribution is -0.120. The minimum absolute atomic E-state index is 0.0673. The molecule has 102 valence electrons. The summed E-state index contributed by atoms with van der Waals surface area (Å²) >= 11 is 5.94. The normalized spacial score (nSPS) is 19.1. The number of aromatic nitrogens is 1. The molecule has 1 saturated heterocycles. The van der Waals surface area contributed by atoms with Gasteiger partial charge in [-0.15, -0.1) is 0 Å². The molecule has 0 bridgehead atoms. The second-order valence-electron chi connectivity index (χ2n) is 4.93. The maximum absolute atomic E-state index is 12.3. The van der Waals surface area contributed by atoms with Crippen molar-refractivity contribution < 1.29 is 4.79 Å². The molecule has 1 aliphatic rings. The number of carbonyl (C=O) groups is 1. The van der Waals surface area contributed by atoms with Gasteiger partial charge in [-0.2, -0.15) is 0 Å². The number of nitrogens with zero attached hydrogens (tertiary/aromatic N) is 2. The molecule has 0 saturated carbocycles. The molecule has 0 spiro atoms. The average Bonchev–Trinajstić information content (AvgIpc) is 2.49. The number of anilines is 1. The fraction of sp³-hybridized carbons (Fsp3) is 0.250. The van der Waals surface area contributed by atoms with Crippen LogP contribution >= 0.6 is 11.6 Å². The third-order valence-electron chi connectivity index (χ3n) is 3.63. The van der Waals surface area contributed by atoms with Crippen LogP contribution in [0.25, 0.3) is 0 Å². The molecule has 1 aromatic heterocycles. The van der Waals surface area contributed by atoms with Crippen LogP contribution in [-0.4, -0.2) is 10.9 Å². The van der Waals surface area contributed by atoms with Crippen molar-refractivity contribution in [3.8, 4) is 0 Å². The molecule has 4 heteroatoms. The number of halogens is 1. The highest BCUT2D eigenvalue weighted by molar-refractivity contribution is 6.30. The highest BCUT2D eigenvalue weighted by Crippen LogP contribution is 2.35. The number of piperidine rings is 1. The van der Waals surface area contributed by atoms with Crippen LogP contribution in [0.5, 0.6) is 0 Å². The molecular formula is C16H15ClN2O. The summed E-state index contributed by atoms with van der Waals surface area (Å²) in [5.41, 5.74) is 1.98. The van der Waals surface area contributed by atoms with E-state index in [9.17, 15) is 4.79 Å². The maximum atomic E-state index is 12.3. The average molecular weight is 287 g/mol. The molecule has 1 unspecified atom stereocenters. The summed E-state index contributed by atoms with van der Waals surface area (Å²) in [7, 11) is 0. The molecule has 2 heterocycles. The van der Waals surface area contributed by atoms with Crippen LogP contribution in [-0.2, 0) is 4.79 Å². The van der Waals surface area contributed by atoms with Gasteiger partial charge >= 0.3 is 0 Å². The van der Waals surface area contributed by atoms with Gasteiger partial charge in [-0.05, 0) is 42.7 Å². The van der Waals surface area contributed by atoms with Gasteiger partial charge in [-0.1, -0.05) is 23.7 Å². The van der Waals surface area contributed by atoms with Gasteiger partial charge in [-0.3, -0.25) is 9.78 Å². The van der Waals surface area contributed by atoms with Gasteiger partial charge in [0.25, 0.3) is 0 Å². The highest BCUT2D eigenvalue weighted by Gasteiger charge is 2.30. The first-order chi connectivity index (χ1) is 9.75. The quantitative estimate of drug-likeness (QED) is 0.836. The van der Waals surface area contributed by atoms with Crippen molar-refractivity contribution in [2.45, 2.75) is 25.3 Å². The predicted octanol–water partition coefficient (Wildman–Crippen LogP) is 3.99. The molecule has 1 fully saturated rings. The molecule has 0 radical (unpaired) electrons. The lowest BCUT2D eigenvalue weighted by Crippen LogP contribution is -2.38. The Morgan fingerprint density at radius 2 is 2.00 bits per heavy atom. The second-order valence-corrected chi connectivity index (χ2v) is 5.37. The standard InChI is InChI=1S/C16H15ClN2O/c17-13-8-6-12(7-9-13)15-4-1-5-16(20)19(15)14-3-2-10-18-11-14/h2-3,6-11,15H,1,4-5H2. The number of hydrogen-bond donors (Lipinski definition) is 0. The zero-order valence-electron chi connectivity index (χ0n) is 11.0. The van der Waals surface area contributed by atoms with Crippen LogP contribution in [0, 0.1) is 0 Å². The minimum Gasteiger partial charge on any atom is -0.303 e. The third kappa shape index (κ3) is 2.54. The van der Waals surface area contributed by atoms with E-state index in [0.29, 0.717) is 11.4 Å². The maximum Gasteiger partial charge on any atom is 0.227 e. The first kappa shape index (κ1) is 13.1. The molecule has 1 aliphatic heterocycles. The monoisotopic (exact) mass is 286 g/mol. The largest absolute Gasteiger partial charge is 0.303 e. The molecule has 3 nitrogen and oxygen atoms in total. The summed E-state index contributed by atoms with van der Waals surface area (Å²) in [4.78, 5) is 18.3. The number of rotatable bonds is 2. The van der Waals surface area contributed by atoms with Gasteiger partial charge in [-0.25, -0.2) is 0 Å². The third-order valence-corrected chi connectivity index (χ3v) is 3.88. The van der Waals surface area contributed by atoms with Gasteiger partial charge in [0.2, 0.25) is 5.91 Å². The van der Waals surface area contributed by atoms with E-state index in [4.69, 9.17) is 11.6 Å². The Labute approximate surface area is 123 Å². The summed E-state index contributed by atoms with van der Waals surface area (Å²) in [6.07, 6.45) is 5.94. The lowest BCUT2D eigenvalue weighted by atomic mass is 9.94. The summed E-state index contributed by atoms with van der Waals surface area (Å²) in [5, 5.41) is 0.712. The van der Waals surface area contributed by atoms with Crippen LogP contribution in [0.4, 0.5) is 5.69 Å². The smallest absolute Gasteiger partial charge is 0.227 e. The molecule has 0 aliphatic carbocycles. The Kier molecular flexibility index (Phi) is 3.70. The van der Waals surface area contributed by atoms with E-state index in [1.54, 1.807) is 12.4 Å². The van der Waals surface area contributed by atoms with Gasteiger partial charge in [0.15, 0.2) is 0 Å². The first-order valence-corrected chi connectivity index (χ1v) is 7.11. The second kappa shape index (κ2) is 5.63. The van der Waals surface area contributed by atoms with Gasteiger partial charge in [0.05, 0.1) is 17.9 Å². The first-order valence-electron chi connectivity index (χ1n) is 6.73. The molecule has 1 aromatic carbocycles. The van der Waals surface area contributed by atoms with Crippen molar-refractivity contribution in [3.05, 3.63) is 59.4 Å². The topological polar surface area (TPSA) is 33.2 Å². The Morgan fingerprint density at radius 1 is 1.20 bits per heavy atom. The van der Waals surface area contributed by atoms with Crippen molar-refractivity contribution in [2.75, 3.05) is 4.90 Å². The van der Waals surface area contributed by atoms with E-state index >= 15 is 0 Å². The predicted molar refractivity (Wildman–Crippen MR) is 79.8 cm³/mol. The van der Waals surface area contributed by atoms with E-state index in [-0.39, 0.29) is 11.9 Å². The zero-order chi connectivity index (χ0) is 13.9. The Bertz CT molecular complexity index is 598. The molecule has 1 amide bonds. The van der Waals surface area contributed by atoms with Crippen molar-refractivity contribution in [2.24, 2.45) is 0 Å². The zero-order valence-corrected chi connectivity index (χ0v) is 11.8. The van der Waals surface area contributed by atoms with Crippen molar-refractivity contribution in [1.82, 2.24) is 4.98 Å². The molecule has 0 N–H and O–H groups in total. The fourth-order valence-corrected chi connectivity index (χ4v) is 2.82. The summed E-state index contributed by atoms with van der Waals surface area (Å²) < 4.78 is 0. The Morgan fingerprint density at radius 3 is 2.70 bits per heavy atom. The van der Waals surface area contributed by atoms with Crippen molar-refractivity contribution in [1.29, 1.82) is 0 Å². The number of amides is 1. The fourth-order valence-electron chi connectivity index (χ4n) is 2.69. The molecule has 3 rings (SSSR count). The summed E-state index contributed by atoms with van der Waals surface area (Å²) in [5.74, 6) is 0.157. The van der Waals surface area contributed by atoms with E-state index in [1.165, 1.54) is 0 Å². The molecule has 2 aromatic rings. The molecule has 1 atom stereocenters. The van der Waals surface area contributed by atoms with Gasteiger partial charge < -0.3 is 4.90 Å². The van der Waals surface area contributed by atoms with Crippen LogP contribution in [0.1, 0.15) is 30.9 Å². The molecular weight excluding hydrogens is 272 g/mol. The summed E-state index contributed by atoms with van der Waals surface area (Å²) in [6.45, 7) is 0. The van der Waals surface area contributed by atoms with Crippen LogP contribution in [0.2, 0.25) is 5.02 Å². The number of hydrogen-bond acceptors (Lipinski definition) is 2. The van der Waals surface area contributed by atoms with E-state index in [1.807, 2.05) is 41.3 Å². The number of carbonyl (C=O) groups excluding carboxylic acids is 1. The van der Waals surface area contributed by atoms with Gasteiger partial charge in [0.1, 0.15) is 0 Å². The van der Waals surface area contributed by atoms with Crippen LogP contribution in [0.3, 0.4) is 0 Å². The van der Waals surface area contributed by atoms with Crippen molar-refractivity contribution in [3.63, 3.8) is 0 Å². The summed E-state index contributed by atoms with van der Waals surface area (Å²) in [6, 6.07) is 11.6. The van der Waals surface area contributed by atoms with Gasteiger partial charge in [0, 0.05) is 17.6 Å². The number of benzene rings is 1. The Hall–Kier alpha value is -1.87. The van der Waals surface area contributed by atoms with Crippen molar-refractivity contribution >= 4 is 23.2 Å². The number of pyridine rings is 1. The minimum atomic E-state index is 0.0673.